The van der Waals surface area contributed by atoms with Crippen LogP contribution in [0.1, 0.15) is 62.4 Å². The Kier molecular flexibility index (Phi) is 5.48. The Labute approximate surface area is 183 Å². The maximum Gasteiger partial charge on any atom is 0.337 e. The van der Waals surface area contributed by atoms with Crippen molar-refractivity contribution in [2.45, 2.75) is 31.8 Å². The first kappa shape index (κ1) is 21.2. The van der Waals surface area contributed by atoms with E-state index in [1.54, 1.807) is 42.5 Å². The van der Waals surface area contributed by atoms with E-state index < -0.39 is 35.6 Å². The molecule has 9 nitrogen and oxygen atoms in total. The molecule has 4 rings (SSSR count). The lowest BCUT2D eigenvalue weighted by Crippen LogP contribution is -2.54. The van der Waals surface area contributed by atoms with E-state index in [2.05, 4.69) is 10.6 Å². The van der Waals surface area contributed by atoms with E-state index in [9.17, 15) is 24.0 Å². The van der Waals surface area contributed by atoms with Gasteiger partial charge < -0.3 is 10.1 Å². The van der Waals surface area contributed by atoms with Gasteiger partial charge in [0.15, 0.2) is 0 Å². The molecule has 2 aromatic carbocycles. The van der Waals surface area contributed by atoms with Crippen LogP contribution in [-0.4, -0.2) is 47.6 Å². The first-order chi connectivity index (χ1) is 15.3. The van der Waals surface area contributed by atoms with Crippen LogP contribution in [0.4, 0.5) is 5.69 Å². The van der Waals surface area contributed by atoms with Crippen LogP contribution in [0.25, 0.3) is 0 Å². The predicted molar refractivity (Wildman–Crippen MR) is 113 cm³/mol. The molecule has 1 saturated heterocycles. The number of anilines is 1. The fourth-order valence-corrected chi connectivity index (χ4v) is 3.98. The quantitative estimate of drug-likeness (QED) is 0.544. The lowest BCUT2D eigenvalue weighted by Gasteiger charge is -2.28. The van der Waals surface area contributed by atoms with Crippen molar-refractivity contribution < 1.29 is 28.7 Å². The van der Waals surface area contributed by atoms with Crippen LogP contribution in [0.3, 0.4) is 0 Å². The highest BCUT2D eigenvalue weighted by atomic mass is 16.5. The number of ether oxygens (including phenoxy) is 1. The van der Waals surface area contributed by atoms with Crippen molar-refractivity contribution in [3.8, 4) is 0 Å². The number of imide groups is 2. The normalized spacial score (nSPS) is 18.8. The zero-order chi connectivity index (χ0) is 23.0. The Morgan fingerprint density at radius 3 is 2.47 bits per heavy atom. The molecule has 9 heteroatoms. The molecule has 0 saturated carbocycles. The number of benzene rings is 2. The van der Waals surface area contributed by atoms with E-state index in [-0.39, 0.29) is 30.0 Å². The van der Waals surface area contributed by atoms with Crippen molar-refractivity contribution in [1.29, 1.82) is 0 Å². The summed E-state index contributed by atoms with van der Waals surface area (Å²) < 4.78 is 4.70. The number of carbonyl (C=O) groups is 5. The van der Waals surface area contributed by atoms with Gasteiger partial charge in [0.1, 0.15) is 6.04 Å². The minimum Gasteiger partial charge on any atom is -0.465 e. The standard InChI is InChI=1S/C23H21N3O6/c1-12(13-6-8-14(9-7-13)23(31)32-2)24-16-5-3-4-15-19(16)22(30)26(21(15)29)17-10-11-18(27)25-20(17)28/h3-9,12,17,24H,10-11H2,1-2H3,(H,25,27,28)/t12-,17?/m1/s1. The van der Waals surface area contributed by atoms with Crippen LogP contribution in [-0.2, 0) is 14.3 Å². The van der Waals surface area contributed by atoms with E-state index in [4.69, 9.17) is 4.74 Å². The lowest BCUT2D eigenvalue weighted by molar-refractivity contribution is -0.136. The third-order valence-corrected chi connectivity index (χ3v) is 5.67. The van der Waals surface area contributed by atoms with Crippen LogP contribution in [0.2, 0.25) is 0 Å². The minimum absolute atomic E-state index is 0.0630. The first-order valence-electron chi connectivity index (χ1n) is 10.1. The van der Waals surface area contributed by atoms with Gasteiger partial charge in [-0.2, -0.15) is 0 Å². The fraction of sp³-hybridized carbons (Fsp3) is 0.261. The van der Waals surface area contributed by atoms with E-state index in [1.807, 2.05) is 6.92 Å². The molecule has 164 valence electrons. The number of nitrogens with zero attached hydrogens (tertiary/aromatic N) is 1. The smallest absolute Gasteiger partial charge is 0.337 e. The van der Waals surface area contributed by atoms with Gasteiger partial charge in [0.05, 0.1) is 23.8 Å². The summed E-state index contributed by atoms with van der Waals surface area (Å²) in [6, 6.07) is 10.5. The lowest BCUT2D eigenvalue weighted by atomic mass is 10.0. The maximum atomic E-state index is 13.2. The van der Waals surface area contributed by atoms with E-state index in [1.165, 1.54) is 7.11 Å². The van der Waals surface area contributed by atoms with Crippen LogP contribution < -0.4 is 10.6 Å². The van der Waals surface area contributed by atoms with Gasteiger partial charge in [0.2, 0.25) is 11.8 Å². The summed E-state index contributed by atoms with van der Waals surface area (Å²) in [6.07, 6.45) is 0.162. The average Bonchev–Trinajstić information content (AvgIpc) is 3.04. The van der Waals surface area contributed by atoms with E-state index >= 15 is 0 Å². The summed E-state index contributed by atoms with van der Waals surface area (Å²) in [7, 11) is 1.31. The molecule has 2 atom stereocenters. The fourth-order valence-electron chi connectivity index (χ4n) is 3.98. The van der Waals surface area contributed by atoms with Gasteiger partial charge in [-0.15, -0.1) is 0 Å². The Hall–Kier alpha value is -4.01. The zero-order valence-electron chi connectivity index (χ0n) is 17.5. The van der Waals surface area contributed by atoms with E-state index in [0.717, 1.165) is 10.5 Å². The third-order valence-electron chi connectivity index (χ3n) is 5.67. The third kappa shape index (κ3) is 3.62. The highest BCUT2D eigenvalue weighted by Crippen LogP contribution is 2.34. The van der Waals surface area contributed by atoms with Gasteiger partial charge in [-0.3, -0.25) is 29.4 Å². The number of piperidine rings is 1. The van der Waals surface area contributed by atoms with Crippen LogP contribution >= 0.6 is 0 Å². The molecule has 0 spiro atoms. The van der Waals surface area contributed by atoms with Crippen LogP contribution in [0.15, 0.2) is 42.5 Å². The molecule has 0 aromatic heterocycles. The Morgan fingerprint density at radius 2 is 1.81 bits per heavy atom. The topological polar surface area (TPSA) is 122 Å². The number of fused-ring (bicyclic) bond motifs is 1. The number of nitrogens with one attached hydrogen (secondary N) is 2. The van der Waals surface area contributed by atoms with Gasteiger partial charge in [-0.25, -0.2) is 4.79 Å². The molecule has 2 aliphatic rings. The first-order valence-corrected chi connectivity index (χ1v) is 10.1. The summed E-state index contributed by atoms with van der Waals surface area (Å²) >= 11 is 0. The molecular weight excluding hydrogens is 414 g/mol. The number of rotatable bonds is 5. The largest absolute Gasteiger partial charge is 0.465 e. The van der Waals surface area contributed by atoms with Gasteiger partial charge in [0, 0.05) is 18.2 Å². The highest BCUT2D eigenvalue weighted by Gasteiger charge is 2.45. The summed E-state index contributed by atoms with van der Waals surface area (Å²) in [4.78, 5) is 62.4. The van der Waals surface area contributed by atoms with Crippen molar-refractivity contribution in [2.75, 3.05) is 12.4 Å². The van der Waals surface area contributed by atoms with Crippen LogP contribution in [0.5, 0.6) is 0 Å². The number of esters is 1. The second-order valence-corrected chi connectivity index (χ2v) is 7.65. The predicted octanol–water partition coefficient (Wildman–Crippen LogP) is 2.05. The summed E-state index contributed by atoms with van der Waals surface area (Å²) in [6.45, 7) is 1.88. The van der Waals surface area contributed by atoms with Gasteiger partial charge >= 0.3 is 5.97 Å². The van der Waals surface area contributed by atoms with Crippen molar-refractivity contribution in [3.05, 3.63) is 64.7 Å². The summed E-state index contributed by atoms with van der Waals surface area (Å²) in [5.74, 6) is -2.63. The van der Waals surface area contributed by atoms with Crippen molar-refractivity contribution in [3.63, 3.8) is 0 Å². The number of carbonyl (C=O) groups excluding carboxylic acids is 5. The number of hydrogen-bond acceptors (Lipinski definition) is 7. The molecular formula is C23H21N3O6. The Balaban J connectivity index is 1.58. The average molecular weight is 435 g/mol. The molecule has 4 amide bonds. The number of amides is 4. The van der Waals surface area contributed by atoms with Gasteiger partial charge in [-0.1, -0.05) is 18.2 Å². The maximum absolute atomic E-state index is 13.2. The molecule has 32 heavy (non-hydrogen) atoms. The van der Waals surface area contributed by atoms with Gasteiger partial charge in [0.25, 0.3) is 11.8 Å². The number of hydrogen-bond donors (Lipinski definition) is 2. The van der Waals surface area contributed by atoms with Crippen molar-refractivity contribution in [1.82, 2.24) is 10.2 Å². The molecule has 2 aliphatic heterocycles. The molecule has 2 heterocycles. The monoisotopic (exact) mass is 435 g/mol. The second-order valence-electron chi connectivity index (χ2n) is 7.65. The zero-order valence-corrected chi connectivity index (χ0v) is 17.5. The molecule has 1 fully saturated rings. The molecule has 0 bridgehead atoms. The molecule has 0 radical (unpaired) electrons. The Morgan fingerprint density at radius 1 is 1.09 bits per heavy atom. The van der Waals surface area contributed by atoms with E-state index in [0.29, 0.717) is 11.3 Å². The second kappa shape index (κ2) is 8.26. The molecule has 1 unspecified atom stereocenters. The summed E-state index contributed by atoms with van der Waals surface area (Å²) in [5, 5.41) is 5.43. The Bertz CT molecular complexity index is 1140. The summed E-state index contributed by atoms with van der Waals surface area (Å²) in [5.41, 5.74) is 2.14. The highest BCUT2D eigenvalue weighted by molar-refractivity contribution is 6.25. The number of methoxy groups -OCH3 is 1. The molecule has 0 aliphatic carbocycles. The van der Waals surface area contributed by atoms with Crippen molar-refractivity contribution >= 4 is 35.3 Å². The van der Waals surface area contributed by atoms with Gasteiger partial charge in [-0.05, 0) is 43.2 Å². The van der Waals surface area contributed by atoms with Crippen molar-refractivity contribution in [2.24, 2.45) is 0 Å². The van der Waals surface area contributed by atoms with Crippen LogP contribution in [0, 0.1) is 0 Å². The molecule has 2 N–H and O–H groups in total. The SMILES string of the molecule is COC(=O)c1ccc([C@@H](C)Nc2cccc3c2C(=O)N(C2CCC(=O)NC2=O)C3=O)cc1. The minimum atomic E-state index is -1.02. The molecule has 2 aromatic rings.